The number of pyridine rings is 2. The number of carboxylic acid groups (broad SMARTS) is 1. The van der Waals surface area contributed by atoms with Crippen LogP contribution in [0.5, 0.6) is 5.75 Å². The maximum atomic E-state index is 15.7. The second-order valence-electron chi connectivity index (χ2n) is 8.99. The van der Waals surface area contributed by atoms with Gasteiger partial charge in [-0.3, -0.25) is 14.7 Å². The van der Waals surface area contributed by atoms with E-state index in [0.29, 0.717) is 31.9 Å². The first-order valence-electron chi connectivity index (χ1n) is 11.5. The Balaban J connectivity index is 0.00000361. The fourth-order valence-corrected chi connectivity index (χ4v) is 4.74. The van der Waals surface area contributed by atoms with E-state index in [0.717, 1.165) is 23.4 Å². The molecule has 0 saturated carbocycles. The van der Waals surface area contributed by atoms with E-state index in [9.17, 15) is 19.8 Å². The minimum absolute atomic E-state index is 0. The number of benzene rings is 1. The van der Waals surface area contributed by atoms with Crippen molar-refractivity contribution in [2.45, 2.75) is 46.8 Å². The largest absolute Gasteiger partial charge is 0.506 e. The van der Waals surface area contributed by atoms with Gasteiger partial charge in [-0.15, -0.1) is 12.4 Å². The Morgan fingerprint density at radius 1 is 1.25 bits per heavy atom. The van der Waals surface area contributed by atoms with Crippen LogP contribution in [0, 0.1) is 25.5 Å². The molecule has 1 unspecified atom stereocenters. The van der Waals surface area contributed by atoms with Crippen molar-refractivity contribution in [3.63, 3.8) is 0 Å². The Kier molecular flexibility index (Phi) is 7.90. The fraction of sp³-hybridized carbons (Fsp3) is 0.400. The molecule has 11 heteroatoms. The SMILES string of the molecule is CCn1cc(C(=O)O)c(=O)c2cc(F)c(N3CCN(Cc4cnc(C)c(O)c4C)C(C)C3)c(F)c21.Cl. The summed E-state index contributed by atoms with van der Waals surface area (Å²) in [5.41, 5.74) is 0.442. The molecule has 2 N–H and O–H groups in total. The van der Waals surface area contributed by atoms with Crippen molar-refractivity contribution in [3.05, 3.63) is 62.7 Å². The zero-order valence-electron chi connectivity index (χ0n) is 20.5. The zero-order chi connectivity index (χ0) is 25.6. The third-order valence-electron chi connectivity index (χ3n) is 6.85. The number of hydrogen-bond acceptors (Lipinski definition) is 6. The van der Waals surface area contributed by atoms with Gasteiger partial charge in [-0.1, -0.05) is 0 Å². The summed E-state index contributed by atoms with van der Waals surface area (Å²) in [5, 5.41) is 19.2. The monoisotopic (exact) mass is 522 g/mol. The lowest BCUT2D eigenvalue weighted by molar-refractivity contribution is 0.0694. The summed E-state index contributed by atoms with van der Waals surface area (Å²) < 4.78 is 32.3. The quantitative estimate of drug-likeness (QED) is 0.525. The molecule has 1 atom stereocenters. The third-order valence-corrected chi connectivity index (χ3v) is 6.85. The Bertz CT molecular complexity index is 1400. The van der Waals surface area contributed by atoms with Crippen molar-refractivity contribution < 1.29 is 23.8 Å². The van der Waals surface area contributed by atoms with Gasteiger partial charge in [-0.2, -0.15) is 0 Å². The number of rotatable bonds is 5. The minimum Gasteiger partial charge on any atom is -0.506 e. The third kappa shape index (κ3) is 4.62. The highest BCUT2D eigenvalue weighted by Crippen LogP contribution is 2.32. The first kappa shape index (κ1) is 27.3. The Labute approximate surface area is 213 Å². The Morgan fingerprint density at radius 2 is 1.94 bits per heavy atom. The molecule has 4 rings (SSSR count). The average Bonchev–Trinajstić information content (AvgIpc) is 2.81. The van der Waals surface area contributed by atoms with Crippen molar-refractivity contribution in [3.8, 4) is 5.75 Å². The number of aromatic carboxylic acids is 1. The van der Waals surface area contributed by atoms with Crippen molar-refractivity contribution in [1.82, 2.24) is 14.5 Å². The second kappa shape index (κ2) is 10.4. The van der Waals surface area contributed by atoms with Gasteiger partial charge >= 0.3 is 5.97 Å². The van der Waals surface area contributed by atoms with Crippen LogP contribution in [0.1, 0.15) is 41.0 Å². The molecule has 3 heterocycles. The number of nitrogens with zero attached hydrogens (tertiary/aromatic N) is 4. The van der Waals surface area contributed by atoms with Crippen LogP contribution >= 0.6 is 12.4 Å². The molecule has 0 amide bonds. The van der Waals surface area contributed by atoms with E-state index < -0.39 is 28.6 Å². The molecule has 0 bridgehead atoms. The predicted octanol–water partition coefficient (Wildman–Crippen LogP) is 3.85. The Hall–Kier alpha value is -3.24. The molecule has 36 heavy (non-hydrogen) atoms. The normalized spacial score (nSPS) is 16.3. The number of aryl methyl sites for hydroxylation is 2. The molecular formula is C25H29ClF2N4O4. The van der Waals surface area contributed by atoms with Crippen molar-refractivity contribution in [2.24, 2.45) is 0 Å². The maximum absolute atomic E-state index is 15.7. The van der Waals surface area contributed by atoms with E-state index in [1.807, 2.05) is 13.8 Å². The van der Waals surface area contributed by atoms with Gasteiger partial charge in [0, 0.05) is 51.2 Å². The molecule has 1 aliphatic heterocycles. The van der Waals surface area contributed by atoms with Crippen LogP contribution in [0.4, 0.5) is 14.5 Å². The molecule has 8 nitrogen and oxygen atoms in total. The molecule has 3 aromatic rings. The molecule has 0 spiro atoms. The topological polar surface area (TPSA) is 98.9 Å². The lowest BCUT2D eigenvalue weighted by atomic mass is 10.1. The standard InChI is InChI=1S/C25H28F2N4O4.ClH/c1-5-29-12-18(25(34)35)24(33)17-8-19(26)22(20(27)21(17)29)31-7-6-30(13(2)10-31)11-16-9-28-15(4)23(32)14(16)3;/h8-9,12-13,32H,5-7,10-11H2,1-4H3,(H,34,35);1H. The summed E-state index contributed by atoms with van der Waals surface area (Å²) >= 11 is 0. The van der Waals surface area contributed by atoms with Gasteiger partial charge in [0.1, 0.15) is 22.8 Å². The number of piperazine rings is 1. The van der Waals surface area contributed by atoms with Gasteiger partial charge in [-0.25, -0.2) is 13.6 Å². The summed E-state index contributed by atoms with van der Waals surface area (Å²) in [7, 11) is 0. The first-order valence-corrected chi connectivity index (χ1v) is 11.5. The highest BCUT2D eigenvalue weighted by molar-refractivity contribution is 5.93. The molecule has 0 aliphatic carbocycles. The van der Waals surface area contributed by atoms with E-state index in [-0.39, 0.29) is 47.3 Å². The lowest BCUT2D eigenvalue weighted by Gasteiger charge is -2.41. The number of hydrogen-bond donors (Lipinski definition) is 2. The van der Waals surface area contributed by atoms with Crippen LogP contribution in [0.25, 0.3) is 10.9 Å². The predicted molar refractivity (Wildman–Crippen MR) is 135 cm³/mol. The second-order valence-corrected chi connectivity index (χ2v) is 8.99. The summed E-state index contributed by atoms with van der Waals surface area (Å²) in [6.07, 6.45) is 2.84. The summed E-state index contributed by atoms with van der Waals surface area (Å²) in [5.74, 6) is -3.05. The van der Waals surface area contributed by atoms with E-state index in [2.05, 4.69) is 9.88 Å². The summed E-state index contributed by atoms with van der Waals surface area (Å²) in [6, 6.07) is 0.874. The van der Waals surface area contributed by atoms with Gasteiger partial charge < -0.3 is 19.7 Å². The van der Waals surface area contributed by atoms with Crippen LogP contribution in [0.3, 0.4) is 0 Å². The van der Waals surface area contributed by atoms with Gasteiger partial charge in [0.25, 0.3) is 0 Å². The number of halogens is 3. The smallest absolute Gasteiger partial charge is 0.341 e. The molecule has 1 aromatic carbocycles. The highest BCUT2D eigenvalue weighted by Gasteiger charge is 2.30. The van der Waals surface area contributed by atoms with E-state index in [1.54, 1.807) is 24.9 Å². The highest BCUT2D eigenvalue weighted by atomic mass is 35.5. The van der Waals surface area contributed by atoms with Crippen LogP contribution in [0.2, 0.25) is 0 Å². The molecule has 194 valence electrons. The van der Waals surface area contributed by atoms with Gasteiger partial charge in [-0.05, 0) is 44.9 Å². The molecule has 0 radical (unpaired) electrons. The van der Waals surface area contributed by atoms with Crippen LogP contribution in [-0.2, 0) is 13.1 Å². The van der Waals surface area contributed by atoms with Crippen LogP contribution in [-0.4, -0.2) is 56.3 Å². The minimum atomic E-state index is -1.44. The van der Waals surface area contributed by atoms with Gasteiger partial charge in [0.15, 0.2) is 5.82 Å². The van der Waals surface area contributed by atoms with Gasteiger partial charge in [0.2, 0.25) is 5.43 Å². The number of carboxylic acids is 1. The van der Waals surface area contributed by atoms with Gasteiger partial charge in [0.05, 0.1) is 16.6 Å². The van der Waals surface area contributed by atoms with Crippen molar-refractivity contribution in [1.29, 1.82) is 0 Å². The maximum Gasteiger partial charge on any atom is 0.341 e. The number of fused-ring (bicyclic) bond motifs is 1. The molecule has 1 fully saturated rings. The average molecular weight is 523 g/mol. The van der Waals surface area contributed by atoms with E-state index >= 15 is 8.78 Å². The zero-order valence-corrected chi connectivity index (χ0v) is 21.3. The summed E-state index contributed by atoms with van der Waals surface area (Å²) in [4.78, 5) is 32.1. The fourth-order valence-electron chi connectivity index (χ4n) is 4.74. The van der Waals surface area contributed by atoms with Crippen molar-refractivity contribution in [2.75, 3.05) is 24.5 Å². The number of carbonyl (C=O) groups is 1. The molecule has 1 saturated heterocycles. The number of anilines is 1. The van der Waals surface area contributed by atoms with E-state index in [1.165, 1.54) is 4.57 Å². The lowest BCUT2D eigenvalue weighted by Crippen LogP contribution is -2.52. The van der Waals surface area contributed by atoms with Crippen LogP contribution in [0.15, 0.2) is 23.3 Å². The molecule has 1 aliphatic rings. The first-order chi connectivity index (χ1) is 16.5. The van der Waals surface area contributed by atoms with Crippen molar-refractivity contribution >= 4 is 35.0 Å². The Morgan fingerprint density at radius 3 is 2.56 bits per heavy atom. The number of aromatic hydroxyl groups is 1. The molecule has 2 aromatic heterocycles. The number of aromatic nitrogens is 2. The molecular weight excluding hydrogens is 494 g/mol. The van der Waals surface area contributed by atoms with E-state index in [4.69, 9.17) is 0 Å². The summed E-state index contributed by atoms with van der Waals surface area (Å²) in [6.45, 7) is 9.18. The van der Waals surface area contributed by atoms with Crippen LogP contribution < -0.4 is 10.3 Å².